The summed E-state index contributed by atoms with van der Waals surface area (Å²) in [6, 6.07) is 8.48. The zero-order valence-corrected chi connectivity index (χ0v) is 16.4. The first-order valence-corrected chi connectivity index (χ1v) is 9.07. The van der Waals surface area contributed by atoms with E-state index >= 15 is 0 Å². The van der Waals surface area contributed by atoms with E-state index in [1.165, 1.54) is 37.9 Å². The van der Waals surface area contributed by atoms with Gasteiger partial charge in [0, 0.05) is 24.7 Å². The van der Waals surface area contributed by atoms with Gasteiger partial charge in [-0.2, -0.15) is 0 Å². The summed E-state index contributed by atoms with van der Waals surface area (Å²) in [5, 5.41) is 3.05. The number of hydrogen-bond acceptors (Lipinski definition) is 3. The Morgan fingerprint density at radius 2 is 1.88 bits per heavy atom. The Balaban J connectivity index is 0.00000156. The molecule has 1 aliphatic carbocycles. The number of amides is 1. The molecule has 4 nitrogen and oxygen atoms in total. The van der Waals surface area contributed by atoms with Gasteiger partial charge >= 0.3 is 0 Å². The van der Waals surface area contributed by atoms with Crippen molar-refractivity contribution in [1.82, 2.24) is 4.90 Å². The van der Waals surface area contributed by atoms with E-state index in [9.17, 15) is 4.79 Å². The Labute approximate surface area is 163 Å². The van der Waals surface area contributed by atoms with E-state index in [0.29, 0.717) is 12.3 Å². The molecule has 3 N–H and O–H groups in total. The molecule has 0 radical (unpaired) electrons. The van der Waals surface area contributed by atoms with E-state index in [2.05, 4.69) is 22.3 Å². The summed E-state index contributed by atoms with van der Waals surface area (Å²) >= 11 is 0. The van der Waals surface area contributed by atoms with E-state index in [1.54, 1.807) is 0 Å². The fourth-order valence-corrected chi connectivity index (χ4v) is 3.89. The standard InChI is InChI=1S/C19H29N3O.2ClH/c20-18-9-5-7-16(18)13-19(23)21-17-8-4-6-15(12-17)14-22-10-2-1-3-11-22;;/h4,6,8,12,16,18H,1-3,5,7,9-11,13-14,20H2,(H,21,23);2*1H/t16-,18+;;/m0../s1. The third-order valence-corrected chi connectivity index (χ3v) is 5.23. The number of rotatable bonds is 5. The smallest absolute Gasteiger partial charge is 0.224 e. The molecule has 1 amide bonds. The number of piperidine rings is 1. The minimum Gasteiger partial charge on any atom is -0.327 e. The molecule has 1 aromatic carbocycles. The fraction of sp³-hybridized carbons (Fsp3) is 0.632. The average Bonchev–Trinajstić information content (AvgIpc) is 2.93. The van der Waals surface area contributed by atoms with Crippen LogP contribution in [-0.4, -0.2) is 29.9 Å². The molecule has 0 aromatic heterocycles. The molecule has 142 valence electrons. The molecule has 1 saturated carbocycles. The van der Waals surface area contributed by atoms with Gasteiger partial charge in [-0.15, -0.1) is 24.8 Å². The van der Waals surface area contributed by atoms with Crippen LogP contribution in [0.15, 0.2) is 24.3 Å². The molecule has 0 spiro atoms. The molecule has 0 unspecified atom stereocenters. The number of hydrogen-bond donors (Lipinski definition) is 2. The summed E-state index contributed by atoms with van der Waals surface area (Å²) in [4.78, 5) is 14.7. The Hall–Kier alpha value is -0.810. The van der Waals surface area contributed by atoms with Gasteiger partial charge in [0.1, 0.15) is 0 Å². The van der Waals surface area contributed by atoms with E-state index in [-0.39, 0.29) is 36.8 Å². The number of nitrogens with one attached hydrogen (secondary N) is 1. The van der Waals surface area contributed by atoms with Crippen LogP contribution in [0.2, 0.25) is 0 Å². The summed E-state index contributed by atoms with van der Waals surface area (Å²) in [5.41, 5.74) is 8.26. The predicted molar refractivity (Wildman–Crippen MR) is 109 cm³/mol. The zero-order chi connectivity index (χ0) is 16.1. The van der Waals surface area contributed by atoms with Crippen LogP contribution in [0.5, 0.6) is 0 Å². The van der Waals surface area contributed by atoms with Gasteiger partial charge in [-0.25, -0.2) is 0 Å². The Morgan fingerprint density at radius 1 is 1.12 bits per heavy atom. The van der Waals surface area contributed by atoms with Crippen LogP contribution in [0.25, 0.3) is 0 Å². The number of likely N-dealkylation sites (tertiary alicyclic amines) is 1. The first-order chi connectivity index (χ1) is 11.2. The third kappa shape index (κ3) is 6.78. The van der Waals surface area contributed by atoms with Crippen molar-refractivity contribution in [3.8, 4) is 0 Å². The lowest BCUT2D eigenvalue weighted by atomic mass is 10.00. The lowest BCUT2D eigenvalue weighted by molar-refractivity contribution is -0.117. The van der Waals surface area contributed by atoms with E-state index < -0.39 is 0 Å². The Morgan fingerprint density at radius 3 is 2.56 bits per heavy atom. The lowest BCUT2D eigenvalue weighted by Crippen LogP contribution is -2.29. The zero-order valence-electron chi connectivity index (χ0n) is 14.8. The summed E-state index contributed by atoms with van der Waals surface area (Å²) in [6.45, 7) is 3.36. The van der Waals surface area contributed by atoms with Crippen LogP contribution >= 0.6 is 24.8 Å². The summed E-state index contributed by atoms with van der Waals surface area (Å²) in [6.07, 6.45) is 7.82. The van der Waals surface area contributed by atoms with Crippen LogP contribution in [0, 0.1) is 5.92 Å². The number of anilines is 1. The maximum Gasteiger partial charge on any atom is 0.224 e. The molecule has 2 fully saturated rings. The van der Waals surface area contributed by atoms with E-state index in [1.807, 2.05) is 12.1 Å². The number of nitrogens with zero attached hydrogens (tertiary/aromatic N) is 1. The summed E-state index contributed by atoms with van der Waals surface area (Å²) < 4.78 is 0. The molecule has 25 heavy (non-hydrogen) atoms. The molecule has 1 aliphatic heterocycles. The van der Waals surface area contributed by atoms with Crippen molar-refractivity contribution in [3.05, 3.63) is 29.8 Å². The molecule has 3 rings (SSSR count). The van der Waals surface area contributed by atoms with Gasteiger partial charge < -0.3 is 11.1 Å². The van der Waals surface area contributed by atoms with Crippen molar-refractivity contribution >= 4 is 36.4 Å². The first kappa shape index (κ1) is 22.2. The highest BCUT2D eigenvalue weighted by Crippen LogP contribution is 2.27. The molecule has 2 aliphatic rings. The second-order valence-corrected chi connectivity index (χ2v) is 7.14. The monoisotopic (exact) mass is 387 g/mol. The molecule has 1 aromatic rings. The minimum absolute atomic E-state index is 0. The molecule has 6 heteroatoms. The SMILES string of the molecule is Cl.Cl.N[C@@H]1CCC[C@H]1CC(=O)Nc1cccc(CN2CCCCC2)c1. The lowest BCUT2D eigenvalue weighted by Gasteiger charge is -2.26. The highest BCUT2D eigenvalue weighted by atomic mass is 35.5. The van der Waals surface area contributed by atoms with Gasteiger partial charge in [0.15, 0.2) is 0 Å². The van der Waals surface area contributed by atoms with Crippen molar-refractivity contribution in [2.24, 2.45) is 11.7 Å². The first-order valence-electron chi connectivity index (χ1n) is 9.07. The van der Waals surface area contributed by atoms with Crippen LogP contribution in [0.4, 0.5) is 5.69 Å². The van der Waals surface area contributed by atoms with Crippen molar-refractivity contribution in [3.63, 3.8) is 0 Å². The van der Waals surface area contributed by atoms with Crippen molar-refractivity contribution in [2.75, 3.05) is 18.4 Å². The van der Waals surface area contributed by atoms with Gasteiger partial charge in [-0.05, 0) is 62.4 Å². The maximum atomic E-state index is 12.2. The average molecular weight is 388 g/mol. The van der Waals surface area contributed by atoms with Crippen molar-refractivity contribution < 1.29 is 4.79 Å². The van der Waals surface area contributed by atoms with Crippen LogP contribution in [0.3, 0.4) is 0 Å². The van der Waals surface area contributed by atoms with Gasteiger partial charge in [-0.3, -0.25) is 9.69 Å². The van der Waals surface area contributed by atoms with Gasteiger partial charge in [0.05, 0.1) is 0 Å². The number of nitrogens with two attached hydrogens (primary N) is 1. The number of carbonyl (C=O) groups is 1. The number of carbonyl (C=O) groups excluding carboxylic acids is 1. The second kappa shape index (κ2) is 11.0. The summed E-state index contributed by atoms with van der Waals surface area (Å²) in [5.74, 6) is 0.453. The third-order valence-electron chi connectivity index (χ3n) is 5.23. The largest absolute Gasteiger partial charge is 0.327 e. The van der Waals surface area contributed by atoms with Gasteiger partial charge in [0.25, 0.3) is 0 Å². The van der Waals surface area contributed by atoms with E-state index in [4.69, 9.17) is 5.73 Å². The normalized spacial score (nSPS) is 23.4. The Bertz CT molecular complexity index is 535. The maximum absolute atomic E-state index is 12.2. The molecule has 1 saturated heterocycles. The molecule has 1 heterocycles. The fourth-order valence-electron chi connectivity index (χ4n) is 3.89. The number of halogens is 2. The van der Waals surface area contributed by atoms with E-state index in [0.717, 1.165) is 31.5 Å². The quantitative estimate of drug-likeness (QED) is 0.803. The van der Waals surface area contributed by atoms with Crippen molar-refractivity contribution in [1.29, 1.82) is 0 Å². The van der Waals surface area contributed by atoms with Gasteiger partial charge in [-0.1, -0.05) is 25.0 Å². The second-order valence-electron chi connectivity index (χ2n) is 7.14. The molecule has 2 atom stereocenters. The topological polar surface area (TPSA) is 58.4 Å². The summed E-state index contributed by atoms with van der Waals surface area (Å²) in [7, 11) is 0. The molecule has 0 bridgehead atoms. The predicted octanol–water partition coefficient (Wildman–Crippen LogP) is 3.97. The Kier molecular flexibility index (Phi) is 9.80. The highest BCUT2D eigenvalue weighted by molar-refractivity contribution is 5.91. The molecular formula is C19H31Cl2N3O. The highest BCUT2D eigenvalue weighted by Gasteiger charge is 2.26. The van der Waals surface area contributed by atoms with Crippen LogP contribution < -0.4 is 11.1 Å². The minimum atomic E-state index is 0. The van der Waals surface area contributed by atoms with Crippen molar-refractivity contribution in [2.45, 2.75) is 57.5 Å². The molecular weight excluding hydrogens is 357 g/mol. The number of benzene rings is 1. The van der Waals surface area contributed by atoms with Crippen LogP contribution in [-0.2, 0) is 11.3 Å². The van der Waals surface area contributed by atoms with Crippen LogP contribution in [0.1, 0.15) is 50.5 Å². The van der Waals surface area contributed by atoms with Gasteiger partial charge in [0.2, 0.25) is 5.91 Å².